The van der Waals surface area contributed by atoms with E-state index in [1.54, 1.807) is 18.2 Å². The molecule has 1 aliphatic heterocycles. The van der Waals surface area contributed by atoms with Crippen LogP contribution in [0.4, 0.5) is 35.8 Å². The van der Waals surface area contributed by atoms with Gasteiger partial charge in [0.05, 0.1) is 27.3 Å². The van der Waals surface area contributed by atoms with Gasteiger partial charge in [-0.3, -0.25) is 5.32 Å². The molecule has 3 heterocycles. The normalized spacial score (nSPS) is 14.3. The molecule has 216 valence electrons. The average molecular weight is 590 g/mol. The maximum absolute atomic E-state index is 15.6. The van der Waals surface area contributed by atoms with Crippen LogP contribution in [0.5, 0.6) is 5.75 Å². The van der Waals surface area contributed by atoms with Crippen molar-refractivity contribution in [2.24, 2.45) is 0 Å². The number of phenolic OH excluding ortho intramolecular Hbond substituents is 1. The minimum absolute atomic E-state index is 0.225. The third-order valence-corrected chi connectivity index (χ3v) is 8.08. The predicted molar refractivity (Wildman–Crippen MR) is 161 cm³/mol. The summed E-state index contributed by atoms with van der Waals surface area (Å²) in [5.74, 6) is -0.728. The predicted octanol–water partition coefficient (Wildman–Crippen LogP) is 8.31. The molecule has 0 spiro atoms. The van der Waals surface area contributed by atoms with E-state index in [2.05, 4.69) is 20.6 Å². The Kier molecular flexibility index (Phi) is 6.45. The van der Waals surface area contributed by atoms with E-state index in [0.717, 1.165) is 17.4 Å². The van der Waals surface area contributed by atoms with E-state index >= 15 is 4.39 Å². The summed E-state index contributed by atoms with van der Waals surface area (Å²) in [7, 11) is 0. The molecule has 5 aromatic rings. The van der Waals surface area contributed by atoms with Crippen molar-refractivity contribution < 1.29 is 23.1 Å². The number of urea groups is 1. The smallest absolute Gasteiger partial charge is 0.325 e. The van der Waals surface area contributed by atoms with Gasteiger partial charge in [-0.2, -0.15) is 0 Å². The number of phenols is 1. The lowest BCUT2D eigenvalue weighted by Gasteiger charge is -2.25. The van der Waals surface area contributed by atoms with E-state index in [-0.39, 0.29) is 22.5 Å². The first-order valence-corrected chi connectivity index (χ1v) is 14.2. The second-order valence-corrected chi connectivity index (χ2v) is 13.0. The number of nitrogens with one attached hydrogen (secondary N) is 2. The summed E-state index contributed by atoms with van der Waals surface area (Å²) in [5.41, 5.74) is 2.30. The van der Waals surface area contributed by atoms with Crippen LogP contribution in [0, 0.1) is 11.6 Å². The van der Waals surface area contributed by atoms with Crippen LogP contribution in [0.15, 0.2) is 59.2 Å². The Morgan fingerprint density at radius 2 is 1.86 bits per heavy atom. The number of nitrogens with zero attached hydrogens (tertiary/aromatic N) is 3. The van der Waals surface area contributed by atoms with Gasteiger partial charge in [-0.1, -0.05) is 58.1 Å². The fraction of sp³-hybridized carbons (Fsp3) is 0.258. The quantitative estimate of drug-likeness (QED) is 0.195. The minimum Gasteiger partial charge on any atom is -0.506 e. The number of rotatable bonds is 4. The Hall–Kier alpha value is -4.51. The Morgan fingerprint density at radius 3 is 2.60 bits per heavy atom. The molecule has 0 atom stereocenters. The standard InChI is InChI=1S/C31H29F2N5O3S/c1-30(2,3)27-34-20(14-41-27)24-17(33)13-22(39)26-25(24)31(4,5)15-38(26)21-9-7-6-8-18(21)35-28(40)37-29-36-19-11-10-16(32)12-23(19)42-29/h6-14,39H,15H2,1-5H3,(H2,35,36,37,40). The number of carbonyl (C=O) groups is 1. The Balaban J connectivity index is 1.36. The number of carbonyl (C=O) groups excluding carboxylic acids is 1. The minimum atomic E-state index is -0.614. The van der Waals surface area contributed by atoms with Crippen LogP contribution in [0.3, 0.4) is 0 Å². The van der Waals surface area contributed by atoms with Crippen molar-refractivity contribution in [3.05, 3.63) is 77.9 Å². The molecule has 1 aliphatic rings. The Labute approximate surface area is 245 Å². The molecule has 0 unspecified atom stereocenters. The van der Waals surface area contributed by atoms with Gasteiger partial charge in [0.25, 0.3) is 0 Å². The summed E-state index contributed by atoms with van der Waals surface area (Å²) >= 11 is 1.16. The molecule has 0 fully saturated rings. The molecule has 0 aliphatic carbocycles. The maximum Gasteiger partial charge on any atom is 0.325 e. The maximum atomic E-state index is 15.6. The fourth-order valence-electron chi connectivity index (χ4n) is 5.32. The number of amides is 2. The van der Waals surface area contributed by atoms with Crippen molar-refractivity contribution in [3.8, 4) is 17.0 Å². The number of oxazole rings is 1. The summed E-state index contributed by atoms with van der Waals surface area (Å²) in [6.07, 6.45) is 1.45. The van der Waals surface area contributed by atoms with E-state index in [0.29, 0.717) is 56.1 Å². The number of benzene rings is 3. The van der Waals surface area contributed by atoms with Crippen LogP contribution < -0.4 is 15.5 Å². The molecule has 2 amide bonds. The van der Waals surface area contributed by atoms with Gasteiger partial charge >= 0.3 is 6.03 Å². The van der Waals surface area contributed by atoms with Gasteiger partial charge in [0.1, 0.15) is 29.3 Å². The van der Waals surface area contributed by atoms with Gasteiger partial charge < -0.3 is 19.7 Å². The third kappa shape index (κ3) is 4.83. The van der Waals surface area contributed by atoms with Gasteiger partial charge in [0.15, 0.2) is 11.0 Å². The highest BCUT2D eigenvalue weighted by Gasteiger charge is 2.43. The lowest BCUT2D eigenvalue weighted by Crippen LogP contribution is -2.27. The summed E-state index contributed by atoms with van der Waals surface area (Å²) in [5, 5.41) is 17.0. The van der Waals surface area contributed by atoms with E-state index in [9.17, 15) is 14.3 Å². The summed E-state index contributed by atoms with van der Waals surface area (Å²) in [6, 6.07) is 11.9. The number of aromatic hydroxyl groups is 1. The molecule has 3 N–H and O–H groups in total. The fourth-order valence-corrected chi connectivity index (χ4v) is 6.20. The lowest BCUT2D eigenvalue weighted by atomic mass is 9.82. The molecule has 2 aromatic heterocycles. The van der Waals surface area contributed by atoms with E-state index in [1.165, 1.54) is 18.4 Å². The number of hydrogen-bond donors (Lipinski definition) is 3. The summed E-state index contributed by atoms with van der Waals surface area (Å²) in [6.45, 7) is 10.2. The van der Waals surface area contributed by atoms with Crippen LogP contribution in [0.25, 0.3) is 21.5 Å². The highest BCUT2D eigenvalue weighted by Crippen LogP contribution is 2.54. The zero-order valence-electron chi connectivity index (χ0n) is 23.7. The number of para-hydroxylation sites is 2. The SMILES string of the molecule is CC(C)(C)c1nc(-c2c(F)cc(O)c3c2C(C)(C)CN3c2ccccc2NC(=O)Nc2nc3ccc(F)cc3s2)co1. The van der Waals surface area contributed by atoms with Crippen molar-refractivity contribution in [3.63, 3.8) is 0 Å². The molecule has 0 radical (unpaired) electrons. The van der Waals surface area contributed by atoms with Crippen LogP contribution >= 0.6 is 11.3 Å². The highest BCUT2D eigenvalue weighted by molar-refractivity contribution is 7.22. The van der Waals surface area contributed by atoms with Gasteiger partial charge in [0.2, 0.25) is 0 Å². The molecule has 42 heavy (non-hydrogen) atoms. The average Bonchev–Trinajstić information content (AvgIpc) is 3.60. The van der Waals surface area contributed by atoms with E-state index in [4.69, 9.17) is 4.42 Å². The number of anilines is 4. The first-order valence-electron chi connectivity index (χ1n) is 13.3. The zero-order chi connectivity index (χ0) is 30.0. The molecule has 6 rings (SSSR count). The first kappa shape index (κ1) is 27.6. The van der Waals surface area contributed by atoms with E-state index < -0.39 is 17.3 Å². The molecule has 0 saturated heterocycles. The van der Waals surface area contributed by atoms with Crippen molar-refractivity contribution in [1.82, 2.24) is 9.97 Å². The van der Waals surface area contributed by atoms with E-state index in [1.807, 2.05) is 51.7 Å². The van der Waals surface area contributed by atoms with Crippen molar-refractivity contribution in [1.29, 1.82) is 0 Å². The molecule has 8 nitrogen and oxygen atoms in total. The largest absolute Gasteiger partial charge is 0.506 e. The van der Waals surface area contributed by atoms with Crippen LogP contribution in [-0.4, -0.2) is 27.7 Å². The molecule has 3 aromatic carbocycles. The van der Waals surface area contributed by atoms with Gasteiger partial charge in [-0.05, 0) is 35.9 Å². The highest BCUT2D eigenvalue weighted by atomic mass is 32.1. The van der Waals surface area contributed by atoms with Crippen molar-refractivity contribution >= 4 is 49.8 Å². The number of thiazole rings is 1. The monoisotopic (exact) mass is 589 g/mol. The second-order valence-electron chi connectivity index (χ2n) is 12.0. The van der Waals surface area contributed by atoms with Crippen LogP contribution in [-0.2, 0) is 10.8 Å². The molecular formula is C31H29F2N5O3S. The molecule has 11 heteroatoms. The Bertz CT molecular complexity index is 1860. The summed E-state index contributed by atoms with van der Waals surface area (Å²) in [4.78, 5) is 23.9. The van der Waals surface area contributed by atoms with Crippen molar-refractivity contribution in [2.45, 2.75) is 45.4 Å². The third-order valence-electron chi connectivity index (χ3n) is 7.15. The number of halogens is 2. The topological polar surface area (TPSA) is 104 Å². The van der Waals surface area contributed by atoms with Crippen LogP contribution in [0.2, 0.25) is 0 Å². The lowest BCUT2D eigenvalue weighted by molar-refractivity contribution is 0.262. The van der Waals surface area contributed by atoms with Crippen LogP contribution in [0.1, 0.15) is 46.1 Å². The number of fused-ring (bicyclic) bond motifs is 2. The number of aromatic nitrogens is 2. The summed E-state index contributed by atoms with van der Waals surface area (Å²) < 4.78 is 35.5. The van der Waals surface area contributed by atoms with Gasteiger partial charge in [-0.15, -0.1) is 0 Å². The Morgan fingerprint density at radius 1 is 1.10 bits per heavy atom. The number of hydrogen-bond acceptors (Lipinski definition) is 7. The molecule has 0 saturated carbocycles. The van der Waals surface area contributed by atoms with Crippen molar-refractivity contribution in [2.75, 3.05) is 22.1 Å². The zero-order valence-corrected chi connectivity index (χ0v) is 24.5. The van der Waals surface area contributed by atoms with Gasteiger partial charge in [-0.25, -0.2) is 23.5 Å². The second kappa shape index (κ2) is 9.80. The van der Waals surface area contributed by atoms with Gasteiger partial charge in [0, 0.05) is 29.0 Å². The molecule has 0 bridgehead atoms. The molecular weight excluding hydrogens is 560 g/mol. The first-order chi connectivity index (χ1) is 19.8.